The van der Waals surface area contributed by atoms with Gasteiger partial charge in [-0.1, -0.05) is 36.4 Å². The molecule has 0 radical (unpaired) electrons. The van der Waals surface area contributed by atoms with Crippen molar-refractivity contribution in [3.05, 3.63) is 59.3 Å². The first-order valence-corrected chi connectivity index (χ1v) is 8.59. The molecule has 2 aromatic rings. The highest BCUT2D eigenvalue weighted by molar-refractivity contribution is 5.92. The SMILES string of the molecule is O=C1CN(C(=O)Nc2ccc3c(n2)CCC3)C(c2ccccc2)CN1. The molecule has 2 N–H and O–H groups in total. The Morgan fingerprint density at radius 3 is 2.84 bits per heavy atom. The fourth-order valence-electron chi connectivity index (χ4n) is 3.50. The summed E-state index contributed by atoms with van der Waals surface area (Å²) in [4.78, 5) is 30.7. The maximum absolute atomic E-state index is 12.8. The molecule has 6 heteroatoms. The van der Waals surface area contributed by atoms with Crippen LogP contribution in [0.3, 0.4) is 0 Å². The van der Waals surface area contributed by atoms with Crippen molar-refractivity contribution in [2.45, 2.75) is 25.3 Å². The molecule has 1 unspecified atom stereocenters. The molecule has 2 heterocycles. The molecule has 6 nitrogen and oxygen atoms in total. The van der Waals surface area contributed by atoms with Gasteiger partial charge >= 0.3 is 6.03 Å². The van der Waals surface area contributed by atoms with Crippen LogP contribution in [0, 0.1) is 0 Å². The summed E-state index contributed by atoms with van der Waals surface area (Å²) in [5, 5.41) is 5.69. The molecule has 1 aromatic heterocycles. The third kappa shape index (κ3) is 3.20. The topological polar surface area (TPSA) is 74.3 Å². The highest BCUT2D eigenvalue weighted by Gasteiger charge is 2.31. The van der Waals surface area contributed by atoms with Crippen LogP contribution in [0.15, 0.2) is 42.5 Å². The Labute approximate surface area is 146 Å². The second kappa shape index (κ2) is 6.55. The molecule has 128 valence electrons. The minimum atomic E-state index is -0.297. The summed E-state index contributed by atoms with van der Waals surface area (Å²) in [6.45, 7) is 0.449. The van der Waals surface area contributed by atoms with Crippen LogP contribution >= 0.6 is 0 Å². The molecular weight excluding hydrogens is 316 g/mol. The second-order valence-electron chi connectivity index (χ2n) is 6.44. The van der Waals surface area contributed by atoms with Crippen LogP contribution in [0.2, 0.25) is 0 Å². The molecule has 1 aliphatic heterocycles. The van der Waals surface area contributed by atoms with Crippen LogP contribution in [0.25, 0.3) is 0 Å². The summed E-state index contributed by atoms with van der Waals surface area (Å²) in [7, 11) is 0. The number of rotatable bonds is 2. The lowest BCUT2D eigenvalue weighted by Crippen LogP contribution is -2.53. The molecule has 25 heavy (non-hydrogen) atoms. The van der Waals surface area contributed by atoms with Crippen LogP contribution in [-0.2, 0) is 17.6 Å². The number of aromatic nitrogens is 1. The Kier molecular flexibility index (Phi) is 4.09. The van der Waals surface area contributed by atoms with Gasteiger partial charge in [0.05, 0.1) is 6.04 Å². The Hall–Kier alpha value is -2.89. The summed E-state index contributed by atoms with van der Waals surface area (Å²) in [5.74, 6) is 0.396. The molecular formula is C19H20N4O2. The van der Waals surface area contributed by atoms with Crippen molar-refractivity contribution >= 4 is 17.8 Å². The van der Waals surface area contributed by atoms with E-state index in [2.05, 4.69) is 15.6 Å². The van der Waals surface area contributed by atoms with E-state index in [1.165, 1.54) is 5.56 Å². The molecule has 0 saturated carbocycles. The average molecular weight is 336 g/mol. The monoisotopic (exact) mass is 336 g/mol. The summed E-state index contributed by atoms with van der Waals surface area (Å²) < 4.78 is 0. The zero-order valence-corrected chi connectivity index (χ0v) is 13.9. The van der Waals surface area contributed by atoms with E-state index in [1.807, 2.05) is 42.5 Å². The molecule has 1 atom stereocenters. The quantitative estimate of drug-likeness (QED) is 0.883. The van der Waals surface area contributed by atoms with E-state index >= 15 is 0 Å². The molecule has 2 aliphatic rings. The van der Waals surface area contributed by atoms with E-state index in [-0.39, 0.29) is 24.5 Å². The summed E-state index contributed by atoms with van der Waals surface area (Å²) in [6, 6.07) is 13.1. The number of fused-ring (bicyclic) bond motifs is 1. The second-order valence-corrected chi connectivity index (χ2v) is 6.44. The van der Waals surface area contributed by atoms with Crippen molar-refractivity contribution in [1.29, 1.82) is 0 Å². The lowest BCUT2D eigenvalue weighted by Gasteiger charge is -2.35. The van der Waals surface area contributed by atoms with Gasteiger partial charge in [0, 0.05) is 12.2 Å². The number of nitrogens with zero attached hydrogens (tertiary/aromatic N) is 2. The zero-order valence-electron chi connectivity index (χ0n) is 13.9. The van der Waals surface area contributed by atoms with Gasteiger partial charge in [-0.3, -0.25) is 10.1 Å². The van der Waals surface area contributed by atoms with Gasteiger partial charge in [-0.15, -0.1) is 0 Å². The number of carbonyl (C=O) groups is 2. The highest BCUT2D eigenvalue weighted by Crippen LogP contribution is 2.25. The van der Waals surface area contributed by atoms with Gasteiger partial charge in [-0.25, -0.2) is 9.78 Å². The number of aryl methyl sites for hydroxylation is 2. The van der Waals surface area contributed by atoms with Gasteiger partial charge in [-0.05, 0) is 36.5 Å². The van der Waals surface area contributed by atoms with Gasteiger partial charge in [0.25, 0.3) is 0 Å². The first-order chi connectivity index (χ1) is 12.2. The zero-order chi connectivity index (χ0) is 17.2. The molecule has 3 amide bonds. The Morgan fingerprint density at radius 2 is 2.00 bits per heavy atom. The molecule has 0 bridgehead atoms. The number of nitrogens with one attached hydrogen (secondary N) is 2. The first kappa shape index (κ1) is 15.6. The Morgan fingerprint density at radius 1 is 1.16 bits per heavy atom. The largest absolute Gasteiger partial charge is 0.352 e. The van der Waals surface area contributed by atoms with E-state index in [4.69, 9.17) is 0 Å². The summed E-state index contributed by atoms with van der Waals surface area (Å²) in [6.07, 6.45) is 3.12. The van der Waals surface area contributed by atoms with Crippen LogP contribution < -0.4 is 10.6 Å². The first-order valence-electron chi connectivity index (χ1n) is 8.59. The smallest absolute Gasteiger partial charge is 0.324 e. The standard InChI is InChI=1S/C19H20N4O2/c24-18-12-23(16(11-20-18)14-5-2-1-3-6-14)19(25)22-17-10-9-13-7-4-8-15(13)21-17/h1-3,5-6,9-10,16H,4,7-8,11-12H2,(H,20,24)(H,21,22,25). The van der Waals surface area contributed by atoms with Crippen molar-refractivity contribution in [2.75, 3.05) is 18.4 Å². The number of hydrogen-bond acceptors (Lipinski definition) is 3. The molecule has 1 aliphatic carbocycles. The Bertz CT molecular complexity index is 806. The van der Waals surface area contributed by atoms with Crippen molar-refractivity contribution in [3.63, 3.8) is 0 Å². The molecule has 1 fully saturated rings. The third-order valence-electron chi connectivity index (χ3n) is 4.79. The van der Waals surface area contributed by atoms with Crippen LogP contribution in [0.5, 0.6) is 0 Å². The summed E-state index contributed by atoms with van der Waals surface area (Å²) >= 11 is 0. The van der Waals surface area contributed by atoms with E-state index < -0.39 is 0 Å². The lowest BCUT2D eigenvalue weighted by molar-refractivity contribution is -0.124. The highest BCUT2D eigenvalue weighted by atomic mass is 16.2. The average Bonchev–Trinajstić information content (AvgIpc) is 3.10. The molecule has 1 saturated heterocycles. The van der Waals surface area contributed by atoms with E-state index in [1.54, 1.807) is 4.90 Å². The van der Waals surface area contributed by atoms with Gasteiger partial charge < -0.3 is 10.2 Å². The number of piperazine rings is 1. The van der Waals surface area contributed by atoms with E-state index in [9.17, 15) is 9.59 Å². The predicted molar refractivity (Wildman–Crippen MR) is 94.2 cm³/mol. The van der Waals surface area contributed by atoms with Crippen molar-refractivity contribution < 1.29 is 9.59 Å². The van der Waals surface area contributed by atoms with Crippen LogP contribution in [0.4, 0.5) is 10.6 Å². The van der Waals surface area contributed by atoms with Crippen molar-refractivity contribution in [2.24, 2.45) is 0 Å². The van der Waals surface area contributed by atoms with Crippen molar-refractivity contribution in [1.82, 2.24) is 15.2 Å². The molecule has 0 spiro atoms. The minimum Gasteiger partial charge on any atom is -0.352 e. The third-order valence-corrected chi connectivity index (χ3v) is 4.79. The number of anilines is 1. The summed E-state index contributed by atoms with van der Waals surface area (Å²) in [5.41, 5.74) is 3.32. The van der Waals surface area contributed by atoms with E-state index in [0.717, 1.165) is 30.5 Å². The van der Waals surface area contributed by atoms with Gasteiger partial charge in [0.2, 0.25) is 5.91 Å². The fourth-order valence-corrected chi connectivity index (χ4v) is 3.50. The van der Waals surface area contributed by atoms with Crippen molar-refractivity contribution in [3.8, 4) is 0 Å². The van der Waals surface area contributed by atoms with Gasteiger partial charge in [0.1, 0.15) is 12.4 Å². The van der Waals surface area contributed by atoms with E-state index in [0.29, 0.717) is 12.4 Å². The molecule has 4 rings (SSSR count). The minimum absolute atomic E-state index is 0.0380. The van der Waals surface area contributed by atoms with Gasteiger partial charge in [0.15, 0.2) is 0 Å². The normalized spacial score (nSPS) is 19.3. The number of urea groups is 1. The lowest BCUT2D eigenvalue weighted by atomic mass is 10.0. The predicted octanol–water partition coefficient (Wildman–Crippen LogP) is 2.28. The maximum atomic E-state index is 12.8. The maximum Gasteiger partial charge on any atom is 0.324 e. The number of carbonyl (C=O) groups excluding carboxylic acids is 2. The van der Waals surface area contributed by atoms with Crippen LogP contribution in [0.1, 0.15) is 29.3 Å². The van der Waals surface area contributed by atoms with Crippen LogP contribution in [-0.4, -0.2) is 34.9 Å². The number of pyridine rings is 1. The number of amides is 3. The number of hydrogen-bond donors (Lipinski definition) is 2. The number of benzene rings is 1. The molecule has 1 aromatic carbocycles. The fraction of sp³-hybridized carbons (Fsp3) is 0.316. The van der Waals surface area contributed by atoms with Gasteiger partial charge in [-0.2, -0.15) is 0 Å². The Balaban J connectivity index is 1.55.